The zero-order valence-electron chi connectivity index (χ0n) is 13.4. The summed E-state index contributed by atoms with van der Waals surface area (Å²) in [7, 11) is 0. The van der Waals surface area contributed by atoms with Crippen molar-refractivity contribution < 1.29 is 4.42 Å². The predicted molar refractivity (Wildman–Crippen MR) is 101 cm³/mol. The minimum Gasteiger partial charge on any atom is -0.461 e. The highest BCUT2D eigenvalue weighted by Gasteiger charge is 2.12. The molecule has 0 saturated carbocycles. The molecular weight excluding hydrogens is 316 g/mol. The molecule has 0 N–H and O–H groups in total. The molecule has 0 aliphatic heterocycles. The van der Waals surface area contributed by atoms with Crippen LogP contribution in [0.25, 0.3) is 22.1 Å². The van der Waals surface area contributed by atoms with Crippen LogP contribution in [0.15, 0.2) is 77.2 Å². The number of halogens is 1. The van der Waals surface area contributed by atoms with Gasteiger partial charge in [-0.2, -0.15) is 0 Å². The van der Waals surface area contributed by atoms with Gasteiger partial charge in [0.1, 0.15) is 11.3 Å². The number of fused-ring (bicyclic) bond motifs is 1. The van der Waals surface area contributed by atoms with Crippen molar-refractivity contribution in [3.63, 3.8) is 0 Å². The molecule has 24 heavy (non-hydrogen) atoms. The number of furan rings is 1. The fourth-order valence-electron chi connectivity index (χ4n) is 3.15. The first-order chi connectivity index (χ1) is 11.7. The molecule has 3 aromatic carbocycles. The summed E-state index contributed by atoms with van der Waals surface area (Å²) >= 11 is 6.19. The average molecular weight is 333 g/mol. The molecule has 0 saturated heterocycles. The van der Waals surface area contributed by atoms with Gasteiger partial charge in [0.2, 0.25) is 0 Å². The first-order valence-corrected chi connectivity index (χ1v) is 8.40. The van der Waals surface area contributed by atoms with E-state index in [0.717, 1.165) is 39.3 Å². The van der Waals surface area contributed by atoms with Gasteiger partial charge in [-0.05, 0) is 60.4 Å². The molecule has 4 aromatic rings. The molecule has 0 fully saturated rings. The van der Waals surface area contributed by atoms with Gasteiger partial charge in [-0.1, -0.05) is 54.1 Å². The SMILES string of the molecule is Cc1cc2cc(Cc3ccccc3)cc(-c3cccc(Cl)c3)c2o1. The Kier molecular flexibility index (Phi) is 3.87. The monoisotopic (exact) mass is 332 g/mol. The van der Waals surface area contributed by atoms with Crippen LogP contribution < -0.4 is 0 Å². The molecule has 1 aromatic heterocycles. The van der Waals surface area contributed by atoms with E-state index < -0.39 is 0 Å². The summed E-state index contributed by atoms with van der Waals surface area (Å²) in [5, 5.41) is 1.87. The molecule has 2 heteroatoms. The maximum absolute atomic E-state index is 6.19. The van der Waals surface area contributed by atoms with Crippen LogP contribution in [-0.2, 0) is 6.42 Å². The molecule has 0 radical (unpaired) electrons. The first-order valence-electron chi connectivity index (χ1n) is 8.02. The predicted octanol–water partition coefficient (Wildman–Crippen LogP) is 6.65. The molecule has 1 nitrogen and oxygen atoms in total. The summed E-state index contributed by atoms with van der Waals surface area (Å²) < 4.78 is 5.96. The van der Waals surface area contributed by atoms with Crippen molar-refractivity contribution >= 4 is 22.6 Å². The molecule has 118 valence electrons. The Labute approximate surface area is 146 Å². The van der Waals surface area contributed by atoms with Crippen LogP contribution in [0.1, 0.15) is 16.9 Å². The van der Waals surface area contributed by atoms with Crippen molar-refractivity contribution in [1.82, 2.24) is 0 Å². The molecule has 0 bridgehead atoms. The lowest BCUT2D eigenvalue weighted by Crippen LogP contribution is -1.89. The summed E-state index contributed by atoms with van der Waals surface area (Å²) in [5.74, 6) is 0.921. The van der Waals surface area contributed by atoms with E-state index in [2.05, 4.69) is 48.5 Å². The van der Waals surface area contributed by atoms with Crippen molar-refractivity contribution in [3.8, 4) is 11.1 Å². The van der Waals surface area contributed by atoms with E-state index >= 15 is 0 Å². The Bertz CT molecular complexity index is 999. The van der Waals surface area contributed by atoms with Crippen molar-refractivity contribution in [2.75, 3.05) is 0 Å². The van der Waals surface area contributed by atoms with E-state index in [4.69, 9.17) is 16.0 Å². The largest absolute Gasteiger partial charge is 0.461 e. The fraction of sp³-hybridized carbons (Fsp3) is 0.0909. The first kappa shape index (κ1) is 15.0. The van der Waals surface area contributed by atoms with E-state index in [0.29, 0.717) is 0 Å². The minimum absolute atomic E-state index is 0.734. The van der Waals surface area contributed by atoms with E-state index in [1.54, 1.807) is 0 Å². The molecule has 0 spiro atoms. The van der Waals surface area contributed by atoms with Crippen molar-refractivity contribution in [2.24, 2.45) is 0 Å². The van der Waals surface area contributed by atoms with Gasteiger partial charge in [0.05, 0.1) is 0 Å². The van der Waals surface area contributed by atoms with Crippen LogP contribution in [0, 0.1) is 6.92 Å². The normalized spacial score (nSPS) is 11.1. The molecule has 0 aliphatic carbocycles. The molecule has 0 atom stereocenters. The quantitative estimate of drug-likeness (QED) is 0.409. The van der Waals surface area contributed by atoms with Gasteiger partial charge < -0.3 is 4.42 Å². The Morgan fingerprint density at radius 1 is 0.833 bits per heavy atom. The molecular formula is C22H17ClO. The lowest BCUT2D eigenvalue weighted by atomic mass is 9.97. The van der Waals surface area contributed by atoms with E-state index in [9.17, 15) is 0 Å². The number of hydrogen-bond acceptors (Lipinski definition) is 1. The Morgan fingerprint density at radius 2 is 1.67 bits per heavy atom. The van der Waals surface area contributed by atoms with Crippen molar-refractivity contribution in [2.45, 2.75) is 13.3 Å². The Hall–Kier alpha value is -2.51. The Balaban J connectivity index is 1.88. The second-order valence-electron chi connectivity index (χ2n) is 6.09. The molecule has 0 aliphatic rings. The third-order valence-electron chi connectivity index (χ3n) is 4.19. The van der Waals surface area contributed by atoms with Crippen molar-refractivity contribution in [1.29, 1.82) is 0 Å². The molecule has 4 rings (SSSR count). The lowest BCUT2D eigenvalue weighted by Gasteiger charge is -2.08. The second kappa shape index (κ2) is 6.18. The van der Waals surface area contributed by atoms with Crippen molar-refractivity contribution in [3.05, 3.63) is 94.7 Å². The van der Waals surface area contributed by atoms with Crippen LogP contribution in [0.5, 0.6) is 0 Å². The summed E-state index contributed by atoms with van der Waals surface area (Å²) in [5.41, 5.74) is 5.66. The van der Waals surface area contributed by atoms with Crippen LogP contribution in [-0.4, -0.2) is 0 Å². The van der Waals surface area contributed by atoms with Gasteiger partial charge in [0, 0.05) is 16.0 Å². The highest BCUT2D eigenvalue weighted by atomic mass is 35.5. The molecule has 0 amide bonds. The number of hydrogen-bond donors (Lipinski definition) is 0. The third-order valence-corrected chi connectivity index (χ3v) is 4.42. The minimum atomic E-state index is 0.734. The maximum atomic E-state index is 6.19. The third kappa shape index (κ3) is 2.95. The number of aryl methyl sites for hydroxylation is 1. The highest BCUT2D eigenvalue weighted by Crippen LogP contribution is 2.34. The van der Waals surface area contributed by atoms with Crippen LogP contribution in [0.2, 0.25) is 5.02 Å². The molecule has 0 unspecified atom stereocenters. The summed E-state index contributed by atoms with van der Waals surface area (Å²) in [6, 6.07) is 25.0. The van der Waals surface area contributed by atoms with Crippen LogP contribution >= 0.6 is 11.6 Å². The van der Waals surface area contributed by atoms with Gasteiger partial charge >= 0.3 is 0 Å². The van der Waals surface area contributed by atoms with Gasteiger partial charge in [-0.3, -0.25) is 0 Å². The molecule has 1 heterocycles. The smallest absolute Gasteiger partial charge is 0.142 e. The fourth-order valence-corrected chi connectivity index (χ4v) is 3.34. The number of rotatable bonds is 3. The zero-order valence-corrected chi connectivity index (χ0v) is 14.2. The summed E-state index contributed by atoms with van der Waals surface area (Å²) in [6.07, 6.45) is 0.897. The van der Waals surface area contributed by atoms with Crippen LogP contribution in [0.4, 0.5) is 0 Å². The van der Waals surface area contributed by atoms with E-state index in [1.807, 2.05) is 31.2 Å². The van der Waals surface area contributed by atoms with E-state index in [-0.39, 0.29) is 0 Å². The van der Waals surface area contributed by atoms with Gasteiger partial charge in [-0.15, -0.1) is 0 Å². The standard InChI is InChI=1S/C22H17ClO/c1-15-10-19-12-17(11-16-6-3-2-4-7-16)13-21(22(19)24-15)18-8-5-9-20(23)14-18/h2-10,12-14H,11H2,1H3. The summed E-state index contributed by atoms with van der Waals surface area (Å²) in [4.78, 5) is 0. The van der Waals surface area contributed by atoms with Gasteiger partial charge in [0.25, 0.3) is 0 Å². The van der Waals surface area contributed by atoms with Gasteiger partial charge in [-0.25, -0.2) is 0 Å². The van der Waals surface area contributed by atoms with Gasteiger partial charge in [0.15, 0.2) is 0 Å². The van der Waals surface area contributed by atoms with Crippen LogP contribution in [0.3, 0.4) is 0 Å². The second-order valence-corrected chi connectivity index (χ2v) is 6.53. The lowest BCUT2D eigenvalue weighted by molar-refractivity contribution is 0.579. The topological polar surface area (TPSA) is 13.1 Å². The summed E-state index contributed by atoms with van der Waals surface area (Å²) in [6.45, 7) is 1.98. The Morgan fingerprint density at radius 3 is 2.46 bits per heavy atom. The maximum Gasteiger partial charge on any atom is 0.142 e. The van der Waals surface area contributed by atoms with E-state index in [1.165, 1.54) is 11.1 Å². The average Bonchev–Trinajstić information content (AvgIpc) is 2.95. The number of benzene rings is 3. The highest BCUT2D eigenvalue weighted by molar-refractivity contribution is 6.30. The zero-order chi connectivity index (χ0) is 16.5.